The van der Waals surface area contributed by atoms with Crippen LogP contribution in [0.3, 0.4) is 0 Å². The molecule has 146 valence electrons. The number of nitrogens with zero attached hydrogens (tertiary/aromatic N) is 1. The van der Waals surface area contributed by atoms with Crippen LogP contribution in [0.2, 0.25) is 0 Å². The van der Waals surface area contributed by atoms with E-state index in [-0.39, 0.29) is 0 Å². The summed E-state index contributed by atoms with van der Waals surface area (Å²) in [6.45, 7) is 2.29. The molecule has 0 spiro atoms. The molecule has 1 heteroatoms. The number of aromatic nitrogens is 1. The highest BCUT2D eigenvalue weighted by Gasteiger charge is 2.18. The van der Waals surface area contributed by atoms with E-state index < -0.39 is 0 Å². The molecular formula is C27H33N. The molecule has 1 aliphatic rings. The van der Waals surface area contributed by atoms with E-state index in [9.17, 15) is 0 Å². The molecule has 3 aromatic rings. The Labute approximate surface area is 170 Å². The van der Waals surface area contributed by atoms with Crippen LogP contribution in [0, 0.1) is 0 Å². The zero-order valence-electron chi connectivity index (χ0n) is 17.3. The van der Waals surface area contributed by atoms with Gasteiger partial charge in [-0.1, -0.05) is 75.4 Å². The molecular weight excluding hydrogens is 338 g/mol. The summed E-state index contributed by atoms with van der Waals surface area (Å²) in [4.78, 5) is 4.82. The lowest BCUT2D eigenvalue weighted by Gasteiger charge is -2.23. The number of hydrogen-bond acceptors (Lipinski definition) is 1. The van der Waals surface area contributed by atoms with Gasteiger partial charge >= 0.3 is 0 Å². The van der Waals surface area contributed by atoms with Gasteiger partial charge in [0.2, 0.25) is 0 Å². The molecule has 1 nitrogen and oxygen atoms in total. The normalized spacial score (nSPS) is 13.6. The summed E-state index contributed by atoms with van der Waals surface area (Å²) < 4.78 is 0. The van der Waals surface area contributed by atoms with Gasteiger partial charge in [-0.2, -0.15) is 0 Å². The summed E-state index contributed by atoms with van der Waals surface area (Å²) in [5.74, 6) is 0. The van der Waals surface area contributed by atoms with Crippen molar-refractivity contribution in [3.8, 4) is 11.3 Å². The van der Waals surface area contributed by atoms with Gasteiger partial charge < -0.3 is 0 Å². The van der Waals surface area contributed by atoms with E-state index >= 15 is 0 Å². The zero-order chi connectivity index (χ0) is 19.2. The average molecular weight is 372 g/mol. The van der Waals surface area contributed by atoms with Crippen LogP contribution in [-0.4, -0.2) is 4.98 Å². The Kier molecular flexibility index (Phi) is 6.41. The van der Waals surface area contributed by atoms with Crippen LogP contribution >= 0.6 is 0 Å². The summed E-state index contributed by atoms with van der Waals surface area (Å²) >= 11 is 0. The molecule has 1 aromatic heterocycles. The molecule has 0 amide bonds. The molecule has 0 radical (unpaired) electrons. The second-order valence-electron chi connectivity index (χ2n) is 8.37. The Hall–Kier alpha value is -2.15. The lowest BCUT2D eigenvalue weighted by molar-refractivity contribution is 0.603. The summed E-state index contributed by atoms with van der Waals surface area (Å²) in [5.41, 5.74) is 7.34. The van der Waals surface area contributed by atoms with E-state index in [2.05, 4.69) is 49.4 Å². The minimum absolute atomic E-state index is 1.14. The van der Waals surface area contributed by atoms with Crippen LogP contribution in [0.1, 0.15) is 75.0 Å². The molecule has 1 heterocycles. The molecule has 0 unspecified atom stereocenters. The van der Waals surface area contributed by atoms with Crippen molar-refractivity contribution in [3.63, 3.8) is 0 Å². The second kappa shape index (κ2) is 9.37. The molecule has 4 rings (SSSR count). The average Bonchev–Trinajstić information content (AvgIpc) is 2.76. The fraction of sp³-hybridized carbons (Fsp3) is 0.444. The predicted octanol–water partition coefficient (Wildman–Crippen LogP) is 7.68. The maximum atomic E-state index is 4.82. The molecule has 0 atom stereocenters. The van der Waals surface area contributed by atoms with Crippen LogP contribution < -0.4 is 0 Å². The largest absolute Gasteiger partial charge is 0.256 e. The Bertz CT molecular complexity index is 925. The predicted molar refractivity (Wildman–Crippen MR) is 121 cm³/mol. The van der Waals surface area contributed by atoms with Crippen molar-refractivity contribution in [1.82, 2.24) is 4.98 Å². The minimum Gasteiger partial charge on any atom is -0.256 e. The van der Waals surface area contributed by atoms with Crippen LogP contribution in [0.15, 0.2) is 48.7 Å². The van der Waals surface area contributed by atoms with E-state index in [0.717, 1.165) is 5.69 Å². The fourth-order valence-corrected chi connectivity index (χ4v) is 4.74. The maximum Gasteiger partial charge on any atom is 0.0711 e. The summed E-state index contributed by atoms with van der Waals surface area (Å²) in [7, 11) is 0. The van der Waals surface area contributed by atoms with Crippen LogP contribution in [0.4, 0.5) is 0 Å². The fourth-order valence-electron chi connectivity index (χ4n) is 4.74. The van der Waals surface area contributed by atoms with Crippen molar-refractivity contribution >= 4 is 10.8 Å². The quantitative estimate of drug-likeness (QED) is 0.370. The van der Waals surface area contributed by atoms with Crippen molar-refractivity contribution in [2.45, 2.75) is 77.6 Å². The number of hydrogen-bond donors (Lipinski definition) is 0. The van der Waals surface area contributed by atoms with E-state index in [1.54, 1.807) is 16.7 Å². The first-order chi connectivity index (χ1) is 13.9. The minimum atomic E-state index is 1.14. The third-order valence-electron chi connectivity index (χ3n) is 6.34. The highest BCUT2D eigenvalue weighted by Crippen LogP contribution is 2.34. The number of benzene rings is 2. The second-order valence-corrected chi connectivity index (χ2v) is 8.37. The molecule has 0 fully saturated rings. The van der Waals surface area contributed by atoms with Gasteiger partial charge in [-0.15, -0.1) is 0 Å². The van der Waals surface area contributed by atoms with Gasteiger partial charge in [0.05, 0.1) is 5.69 Å². The monoisotopic (exact) mass is 371 g/mol. The van der Waals surface area contributed by atoms with Gasteiger partial charge in [-0.25, -0.2) is 0 Å². The summed E-state index contributed by atoms with van der Waals surface area (Å²) in [6.07, 6.45) is 16.6. The standard InChI is InChI=1S/C27H33N/c1-2-3-4-5-6-7-12-21-17-18-26(25-16-11-10-15-24(21)25)27-19-22-13-8-9-14-23(22)20-28-27/h8-9,13-14,17-20H,2-7,10-12,15-16H2,1H3. The van der Waals surface area contributed by atoms with E-state index in [4.69, 9.17) is 4.98 Å². The zero-order valence-corrected chi connectivity index (χ0v) is 17.3. The number of pyridine rings is 1. The molecule has 0 bridgehead atoms. The first-order valence-corrected chi connectivity index (χ1v) is 11.4. The van der Waals surface area contributed by atoms with E-state index in [1.165, 1.54) is 87.0 Å². The van der Waals surface area contributed by atoms with Gasteiger partial charge in [0.25, 0.3) is 0 Å². The molecule has 0 aliphatic heterocycles. The lowest BCUT2D eigenvalue weighted by atomic mass is 9.83. The molecule has 0 N–H and O–H groups in total. The van der Waals surface area contributed by atoms with Crippen molar-refractivity contribution < 1.29 is 0 Å². The van der Waals surface area contributed by atoms with Gasteiger partial charge in [0.1, 0.15) is 0 Å². The van der Waals surface area contributed by atoms with Gasteiger partial charge in [0.15, 0.2) is 0 Å². The highest BCUT2D eigenvalue weighted by atomic mass is 14.7. The summed E-state index contributed by atoms with van der Waals surface area (Å²) in [6, 6.07) is 15.6. The Morgan fingerprint density at radius 2 is 1.54 bits per heavy atom. The van der Waals surface area contributed by atoms with Crippen LogP contribution in [-0.2, 0) is 19.3 Å². The van der Waals surface area contributed by atoms with E-state index in [1.807, 2.05) is 6.20 Å². The Morgan fingerprint density at radius 3 is 2.39 bits per heavy atom. The molecule has 0 saturated carbocycles. The van der Waals surface area contributed by atoms with E-state index in [0.29, 0.717) is 0 Å². The lowest BCUT2D eigenvalue weighted by Crippen LogP contribution is -2.09. The van der Waals surface area contributed by atoms with Gasteiger partial charge in [-0.3, -0.25) is 4.98 Å². The van der Waals surface area contributed by atoms with Crippen molar-refractivity contribution in [2.75, 3.05) is 0 Å². The number of aryl methyl sites for hydroxylation is 1. The topological polar surface area (TPSA) is 12.9 Å². The molecule has 1 aliphatic carbocycles. The van der Waals surface area contributed by atoms with Gasteiger partial charge in [-0.05, 0) is 66.7 Å². The smallest absolute Gasteiger partial charge is 0.0711 e. The molecule has 0 saturated heterocycles. The first kappa shape index (κ1) is 19.2. The SMILES string of the molecule is CCCCCCCCc1ccc(-c2cc3ccccc3cn2)c2c1CCCC2. The summed E-state index contributed by atoms with van der Waals surface area (Å²) in [5, 5.41) is 2.51. The maximum absolute atomic E-state index is 4.82. The highest BCUT2D eigenvalue weighted by molar-refractivity contribution is 5.85. The van der Waals surface area contributed by atoms with Crippen molar-refractivity contribution in [1.29, 1.82) is 0 Å². The third kappa shape index (κ3) is 4.29. The number of unbranched alkanes of at least 4 members (excludes halogenated alkanes) is 5. The third-order valence-corrected chi connectivity index (χ3v) is 6.34. The van der Waals surface area contributed by atoms with Crippen LogP contribution in [0.5, 0.6) is 0 Å². The van der Waals surface area contributed by atoms with Crippen molar-refractivity contribution in [2.24, 2.45) is 0 Å². The molecule has 2 aromatic carbocycles. The number of rotatable bonds is 8. The van der Waals surface area contributed by atoms with Crippen molar-refractivity contribution in [3.05, 3.63) is 65.4 Å². The number of fused-ring (bicyclic) bond motifs is 2. The molecule has 28 heavy (non-hydrogen) atoms. The Morgan fingerprint density at radius 1 is 0.786 bits per heavy atom. The first-order valence-electron chi connectivity index (χ1n) is 11.4. The van der Waals surface area contributed by atoms with Gasteiger partial charge in [0, 0.05) is 17.1 Å². The van der Waals surface area contributed by atoms with Crippen LogP contribution in [0.25, 0.3) is 22.0 Å². The Balaban J connectivity index is 1.57.